The summed E-state index contributed by atoms with van der Waals surface area (Å²) in [6.45, 7) is 0. The van der Waals surface area contributed by atoms with Gasteiger partial charge in [0.1, 0.15) is 0 Å². The quantitative estimate of drug-likeness (QED) is 0.538. The summed E-state index contributed by atoms with van der Waals surface area (Å²) in [5.74, 6) is 0. The van der Waals surface area contributed by atoms with Crippen molar-refractivity contribution < 1.29 is 19.5 Å². The monoisotopic (exact) mass is 346 g/mol. The van der Waals surface area contributed by atoms with E-state index in [1.807, 2.05) is 0 Å². The normalized spacial score (nSPS) is 0. The van der Waals surface area contributed by atoms with Crippen molar-refractivity contribution in [1.82, 2.24) is 0 Å². The first kappa shape index (κ1) is 35.6. The SMILES string of the molecule is Cl.Cl.[PbH2].[Zn]. The molecule has 0 rings (SSSR count). The van der Waals surface area contributed by atoms with Gasteiger partial charge >= 0.3 is 27.3 Å². The molecule has 24 valence electrons. The molecule has 0 atom stereocenters. The molecule has 0 saturated heterocycles. The van der Waals surface area contributed by atoms with E-state index in [4.69, 9.17) is 0 Å². The molecule has 0 heterocycles. The van der Waals surface area contributed by atoms with Gasteiger partial charge in [-0.2, -0.15) is 0 Å². The van der Waals surface area contributed by atoms with Gasteiger partial charge in [0.05, 0.1) is 0 Å². The van der Waals surface area contributed by atoms with Gasteiger partial charge in [0.15, 0.2) is 0 Å². The molecular weight excluding hydrogens is 343 g/mol. The maximum absolute atomic E-state index is 0. The third-order valence-corrected chi connectivity index (χ3v) is 0. The van der Waals surface area contributed by atoms with Gasteiger partial charge in [0, 0.05) is 19.5 Å². The molecule has 0 nitrogen and oxygen atoms in total. The summed E-state index contributed by atoms with van der Waals surface area (Å²) in [5, 5.41) is 0. The fourth-order valence-corrected chi connectivity index (χ4v) is 0. The average molecular weight is 348 g/mol. The van der Waals surface area contributed by atoms with Gasteiger partial charge in [-0.3, -0.25) is 0 Å². The second kappa shape index (κ2) is 19.3. The van der Waals surface area contributed by atoms with Crippen LogP contribution < -0.4 is 0 Å². The Labute approximate surface area is 70.8 Å². The van der Waals surface area contributed by atoms with Crippen molar-refractivity contribution in [2.24, 2.45) is 0 Å². The van der Waals surface area contributed by atoms with Crippen molar-refractivity contribution >= 4 is 52.1 Å². The van der Waals surface area contributed by atoms with E-state index in [-0.39, 0.29) is 71.6 Å². The molecule has 0 unspecified atom stereocenters. The van der Waals surface area contributed by atoms with Crippen LogP contribution in [0.15, 0.2) is 0 Å². The topological polar surface area (TPSA) is 0 Å². The summed E-state index contributed by atoms with van der Waals surface area (Å²) in [5.41, 5.74) is 0. The first-order valence-corrected chi connectivity index (χ1v) is 0. The van der Waals surface area contributed by atoms with E-state index in [1.54, 1.807) is 0 Å². The minimum Gasteiger partial charge on any atom is 0 e. The molecule has 0 spiro atoms. The summed E-state index contributed by atoms with van der Waals surface area (Å²) in [7, 11) is 0. The number of rotatable bonds is 0. The third kappa shape index (κ3) is 8.92. The zero-order valence-electron chi connectivity index (χ0n) is 2.23. The van der Waals surface area contributed by atoms with Crippen LogP contribution in [0, 0.1) is 0 Å². The molecule has 0 aliphatic heterocycles. The summed E-state index contributed by atoms with van der Waals surface area (Å²) in [4.78, 5) is 0. The Kier molecular flexibility index (Phi) is 172. The Morgan fingerprint density at radius 3 is 0.750 bits per heavy atom. The second-order valence-electron chi connectivity index (χ2n) is 0. The number of halogens is 2. The Bertz CT molecular complexity index is 6.00. The number of hydrogen-bond donors (Lipinski definition) is 0. The zero-order valence-corrected chi connectivity index (χ0v) is 12.3. The molecule has 0 bridgehead atoms. The molecule has 0 aliphatic rings. The van der Waals surface area contributed by atoms with Gasteiger partial charge in [-0.1, -0.05) is 0 Å². The average Bonchev–Trinajstić information content (AvgIpc) is 0. The molecule has 0 fully saturated rings. The Hall–Kier alpha value is 2.13. The van der Waals surface area contributed by atoms with E-state index in [2.05, 4.69) is 0 Å². The zero-order chi connectivity index (χ0) is 0. The minimum atomic E-state index is 0. The van der Waals surface area contributed by atoms with E-state index < -0.39 is 0 Å². The van der Waals surface area contributed by atoms with Crippen LogP contribution >= 0.6 is 24.8 Å². The van der Waals surface area contributed by atoms with E-state index in [1.165, 1.54) is 0 Å². The molecule has 0 amide bonds. The molecule has 4 heavy (non-hydrogen) atoms. The first-order valence-electron chi connectivity index (χ1n) is 0. The molecule has 4 heteroatoms. The molecule has 0 N–H and O–H groups in total. The Morgan fingerprint density at radius 1 is 0.750 bits per heavy atom. The van der Waals surface area contributed by atoms with E-state index >= 15 is 0 Å². The van der Waals surface area contributed by atoms with E-state index in [9.17, 15) is 0 Å². The Balaban J connectivity index is 0. The first-order chi connectivity index (χ1) is 0. The summed E-state index contributed by atoms with van der Waals surface area (Å²) < 4.78 is 0. The summed E-state index contributed by atoms with van der Waals surface area (Å²) in [6, 6.07) is 0. The van der Waals surface area contributed by atoms with Crippen LogP contribution in [-0.4, -0.2) is 27.3 Å². The molecule has 0 aromatic heterocycles. The van der Waals surface area contributed by atoms with Gasteiger partial charge < -0.3 is 0 Å². The smallest absolute Gasteiger partial charge is 0 e. The van der Waals surface area contributed by atoms with Crippen molar-refractivity contribution in [2.45, 2.75) is 0 Å². The summed E-state index contributed by atoms with van der Waals surface area (Å²) in [6.07, 6.45) is 0. The van der Waals surface area contributed by atoms with Crippen molar-refractivity contribution in [3.05, 3.63) is 0 Å². The van der Waals surface area contributed by atoms with Crippen LogP contribution in [0.3, 0.4) is 0 Å². The van der Waals surface area contributed by atoms with Crippen molar-refractivity contribution in [3.63, 3.8) is 0 Å². The van der Waals surface area contributed by atoms with Crippen LogP contribution in [0.2, 0.25) is 0 Å². The predicted octanol–water partition coefficient (Wildman–Crippen LogP) is -0.0751. The van der Waals surface area contributed by atoms with Gasteiger partial charge in [0.25, 0.3) is 0 Å². The molecule has 0 saturated carbocycles. The standard InChI is InChI=1S/2ClH.Pb.Zn.2H/h2*1H;;;;. The molecule has 0 aromatic rings. The van der Waals surface area contributed by atoms with Gasteiger partial charge in [0.2, 0.25) is 0 Å². The van der Waals surface area contributed by atoms with E-state index in [0.717, 1.165) is 0 Å². The molecule has 0 aliphatic carbocycles. The minimum absolute atomic E-state index is 0. The van der Waals surface area contributed by atoms with Crippen LogP contribution in [-0.2, 0) is 19.5 Å². The van der Waals surface area contributed by atoms with Crippen molar-refractivity contribution in [1.29, 1.82) is 0 Å². The molecular formula is H4Cl2PbZn. The number of hydrogen-bond acceptors (Lipinski definition) is 0. The summed E-state index contributed by atoms with van der Waals surface area (Å²) >= 11 is 0. The largest absolute Gasteiger partial charge is 0 e. The van der Waals surface area contributed by atoms with Gasteiger partial charge in [-0.15, -0.1) is 24.8 Å². The maximum atomic E-state index is 0. The van der Waals surface area contributed by atoms with Crippen LogP contribution in [0.25, 0.3) is 0 Å². The van der Waals surface area contributed by atoms with Gasteiger partial charge in [-0.05, 0) is 0 Å². The van der Waals surface area contributed by atoms with Crippen molar-refractivity contribution in [3.8, 4) is 0 Å². The van der Waals surface area contributed by atoms with Crippen LogP contribution in [0.5, 0.6) is 0 Å². The molecule has 2 radical (unpaired) electrons. The van der Waals surface area contributed by atoms with E-state index in [0.29, 0.717) is 0 Å². The van der Waals surface area contributed by atoms with Crippen LogP contribution in [0.4, 0.5) is 0 Å². The Morgan fingerprint density at radius 2 is 0.750 bits per heavy atom. The second-order valence-corrected chi connectivity index (χ2v) is 0. The predicted molar refractivity (Wildman–Crippen MR) is 23.0 cm³/mol. The maximum Gasteiger partial charge on any atom is 0 e. The van der Waals surface area contributed by atoms with Crippen molar-refractivity contribution in [2.75, 3.05) is 0 Å². The fourth-order valence-electron chi connectivity index (χ4n) is 0. The fraction of sp³-hybridized carbons (Fsp3) is 0. The van der Waals surface area contributed by atoms with Gasteiger partial charge in [-0.25, -0.2) is 0 Å². The molecule has 0 aromatic carbocycles. The third-order valence-electron chi connectivity index (χ3n) is 0. The van der Waals surface area contributed by atoms with Crippen LogP contribution in [0.1, 0.15) is 0 Å².